The zero-order chi connectivity index (χ0) is 13.2. The summed E-state index contributed by atoms with van der Waals surface area (Å²) >= 11 is 3.41. The summed E-state index contributed by atoms with van der Waals surface area (Å²) in [5, 5.41) is 10.6. The predicted octanol–water partition coefficient (Wildman–Crippen LogP) is 4.21. The van der Waals surface area contributed by atoms with Crippen molar-refractivity contribution in [1.29, 1.82) is 0 Å². The Morgan fingerprint density at radius 1 is 1.11 bits per heavy atom. The van der Waals surface area contributed by atoms with E-state index < -0.39 is 5.60 Å². The van der Waals surface area contributed by atoms with Gasteiger partial charge in [-0.1, -0.05) is 57.9 Å². The van der Waals surface area contributed by atoms with Gasteiger partial charge in [-0.15, -0.1) is 0 Å². The molecule has 0 amide bonds. The van der Waals surface area contributed by atoms with E-state index in [1.165, 1.54) is 5.56 Å². The van der Waals surface area contributed by atoms with Crippen LogP contribution < -0.4 is 0 Å². The third-order valence-corrected chi connectivity index (χ3v) is 3.63. The molecule has 1 atom stereocenters. The van der Waals surface area contributed by atoms with Gasteiger partial charge in [0.2, 0.25) is 0 Å². The van der Waals surface area contributed by atoms with Crippen LogP contribution in [0.15, 0.2) is 53.0 Å². The van der Waals surface area contributed by atoms with Crippen molar-refractivity contribution in [3.63, 3.8) is 0 Å². The Morgan fingerprint density at radius 2 is 1.78 bits per heavy atom. The topological polar surface area (TPSA) is 20.2 Å². The van der Waals surface area contributed by atoms with E-state index >= 15 is 0 Å². The van der Waals surface area contributed by atoms with Crippen molar-refractivity contribution in [3.05, 3.63) is 69.7 Å². The molecule has 0 saturated heterocycles. The average molecular weight is 305 g/mol. The summed E-state index contributed by atoms with van der Waals surface area (Å²) in [6, 6.07) is 16.1. The number of halogens is 1. The van der Waals surface area contributed by atoms with Gasteiger partial charge in [0.1, 0.15) is 0 Å². The maximum Gasteiger partial charge on any atom is 0.0908 e. The lowest BCUT2D eigenvalue weighted by Crippen LogP contribution is -2.24. The summed E-state index contributed by atoms with van der Waals surface area (Å²) in [7, 11) is 0. The molecule has 0 aliphatic rings. The van der Waals surface area contributed by atoms with Crippen LogP contribution in [0.4, 0.5) is 0 Å². The first-order valence-electron chi connectivity index (χ1n) is 6.01. The van der Waals surface area contributed by atoms with E-state index in [0.29, 0.717) is 6.42 Å². The number of aliphatic hydroxyl groups is 1. The van der Waals surface area contributed by atoms with Crippen LogP contribution in [0.25, 0.3) is 0 Å². The molecule has 18 heavy (non-hydrogen) atoms. The van der Waals surface area contributed by atoms with Crippen LogP contribution >= 0.6 is 15.9 Å². The molecular formula is C16H17BrO. The molecule has 0 aliphatic carbocycles. The Hall–Kier alpha value is -1.12. The quantitative estimate of drug-likeness (QED) is 0.900. The van der Waals surface area contributed by atoms with Crippen LogP contribution in [0.3, 0.4) is 0 Å². The lowest BCUT2D eigenvalue weighted by molar-refractivity contribution is 0.0576. The Morgan fingerprint density at radius 3 is 2.39 bits per heavy atom. The zero-order valence-corrected chi connectivity index (χ0v) is 12.2. The van der Waals surface area contributed by atoms with Crippen LogP contribution in [-0.2, 0) is 12.0 Å². The summed E-state index contributed by atoms with van der Waals surface area (Å²) in [4.78, 5) is 0. The van der Waals surface area contributed by atoms with Crippen molar-refractivity contribution in [2.24, 2.45) is 0 Å². The van der Waals surface area contributed by atoms with Gasteiger partial charge in [0, 0.05) is 10.9 Å². The van der Waals surface area contributed by atoms with Crippen molar-refractivity contribution >= 4 is 15.9 Å². The lowest BCUT2D eigenvalue weighted by Gasteiger charge is -2.24. The van der Waals surface area contributed by atoms with Crippen LogP contribution in [-0.4, -0.2) is 5.11 Å². The number of aryl methyl sites for hydroxylation is 1. The van der Waals surface area contributed by atoms with Crippen molar-refractivity contribution in [2.45, 2.75) is 25.9 Å². The molecule has 0 aliphatic heterocycles. The third-order valence-electron chi connectivity index (χ3n) is 3.10. The minimum absolute atomic E-state index is 0.621. The van der Waals surface area contributed by atoms with Gasteiger partial charge in [-0.3, -0.25) is 0 Å². The highest BCUT2D eigenvalue weighted by Gasteiger charge is 2.23. The molecule has 0 spiro atoms. The summed E-state index contributed by atoms with van der Waals surface area (Å²) in [6.45, 7) is 3.93. The van der Waals surface area contributed by atoms with E-state index in [0.717, 1.165) is 15.6 Å². The molecule has 1 unspecified atom stereocenters. The van der Waals surface area contributed by atoms with Crippen LogP contribution in [0.5, 0.6) is 0 Å². The van der Waals surface area contributed by atoms with Gasteiger partial charge in [-0.25, -0.2) is 0 Å². The van der Waals surface area contributed by atoms with E-state index in [-0.39, 0.29) is 0 Å². The van der Waals surface area contributed by atoms with Gasteiger partial charge >= 0.3 is 0 Å². The smallest absolute Gasteiger partial charge is 0.0908 e. The first-order valence-corrected chi connectivity index (χ1v) is 6.81. The summed E-state index contributed by atoms with van der Waals surface area (Å²) in [5.74, 6) is 0. The van der Waals surface area contributed by atoms with Gasteiger partial charge in [-0.05, 0) is 37.1 Å². The fourth-order valence-corrected chi connectivity index (χ4v) is 2.39. The molecule has 0 saturated carbocycles. The molecule has 2 heteroatoms. The molecule has 0 bridgehead atoms. The Labute approximate surface area is 117 Å². The SMILES string of the molecule is Cc1cccc(CC(C)(O)c2ccc(Br)cc2)c1. The fraction of sp³-hybridized carbons (Fsp3) is 0.250. The second-order valence-electron chi connectivity index (χ2n) is 4.95. The fourth-order valence-electron chi connectivity index (χ4n) is 2.13. The minimum atomic E-state index is -0.839. The molecule has 0 radical (unpaired) electrons. The van der Waals surface area contributed by atoms with E-state index in [1.54, 1.807) is 0 Å². The molecular weight excluding hydrogens is 288 g/mol. The first kappa shape index (κ1) is 13.3. The summed E-state index contributed by atoms with van der Waals surface area (Å²) in [6.07, 6.45) is 0.621. The molecule has 2 aromatic rings. The molecule has 2 rings (SSSR count). The Kier molecular flexibility index (Phi) is 3.88. The van der Waals surface area contributed by atoms with Crippen molar-refractivity contribution in [1.82, 2.24) is 0 Å². The van der Waals surface area contributed by atoms with Gasteiger partial charge in [0.05, 0.1) is 5.60 Å². The van der Waals surface area contributed by atoms with Crippen molar-refractivity contribution in [3.8, 4) is 0 Å². The second-order valence-corrected chi connectivity index (χ2v) is 5.86. The molecule has 0 fully saturated rings. The van der Waals surface area contributed by atoms with Crippen LogP contribution in [0.1, 0.15) is 23.6 Å². The van der Waals surface area contributed by atoms with Crippen molar-refractivity contribution in [2.75, 3.05) is 0 Å². The molecule has 94 valence electrons. The summed E-state index contributed by atoms with van der Waals surface area (Å²) in [5.41, 5.74) is 2.48. The molecule has 1 nitrogen and oxygen atoms in total. The maximum atomic E-state index is 10.6. The number of hydrogen-bond acceptors (Lipinski definition) is 1. The van der Waals surface area contributed by atoms with Gasteiger partial charge < -0.3 is 5.11 Å². The highest BCUT2D eigenvalue weighted by molar-refractivity contribution is 9.10. The minimum Gasteiger partial charge on any atom is -0.385 e. The largest absolute Gasteiger partial charge is 0.385 e. The Balaban J connectivity index is 2.23. The third kappa shape index (κ3) is 3.21. The molecule has 0 aromatic heterocycles. The van der Waals surface area contributed by atoms with Crippen LogP contribution in [0, 0.1) is 6.92 Å². The van der Waals surface area contributed by atoms with Gasteiger partial charge in [-0.2, -0.15) is 0 Å². The zero-order valence-electron chi connectivity index (χ0n) is 10.7. The van der Waals surface area contributed by atoms with E-state index in [1.807, 2.05) is 37.3 Å². The normalized spacial score (nSPS) is 14.2. The van der Waals surface area contributed by atoms with Gasteiger partial charge in [0.15, 0.2) is 0 Å². The van der Waals surface area contributed by atoms with E-state index in [9.17, 15) is 5.11 Å². The highest BCUT2D eigenvalue weighted by atomic mass is 79.9. The standard InChI is InChI=1S/C16H17BrO/c1-12-4-3-5-13(10-12)11-16(2,18)14-6-8-15(17)9-7-14/h3-10,18H,11H2,1-2H3. The predicted molar refractivity (Wildman–Crippen MR) is 78.6 cm³/mol. The maximum absolute atomic E-state index is 10.6. The van der Waals surface area contributed by atoms with E-state index in [2.05, 4.69) is 41.1 Å². The number of benzene rings is 2. The molecule has 1 N–H and O–H groups in total. The number of hydrogen-bond donors (Lipinski definition) is 1. The second kappa shape index (κ2) is 5.25. The monoisotopic (exact) mass is 304 g/mol. The first-order chi connectivity index (χ1) is 8.47. The lowest BCUT2D eigenvalue weighted by atomic mass is 9.89. The number of rotatable bonds is 3. The van der Waals surface area contributed by atoms with E-state index in [4.69, 9.17) is 0 Å². The van der Waals surface area contributed by atoms with Crippen molar-refractivity contribution < 1.29 is 5.11 Å². The highest BCUT2D eigenvalue weighted by Crippen LogP contribution is 2.26. The molecule has 0 heterocycles. The average Bonchev–Trinajstić information content (AvgIpc) is 2.29. The van der Waals surface area contributed by atoms with Crippen LogP contribution in [0.2, 0.25) is 0 Å². The Bertz CT molecular complexity index is 529. The van der Waals surface area contributed by atoms with Gasteiger partial charge in [0.25, 0.3) is 0 Å². The summed E-state index contributed by atoms with van der Waals surface area (Å²) < 4.78 is 1.03. The molecule has 2 aromatic carbocycles.